The number of rotatable bonds is 3. The Morgan fingerprint density at radius 2 is 2.22 bits per heavy atom. The van der Waals surface area contributed by atoms with Crippen molar-refractivity contribution in [3.63, 3.8) is 0 Å². The lowest BCUT2D eigenvalue weighted by Crippen LogP contribution is -2.27. The Balaban J connectivity index is 1.74. The SMILES string of the molecule is C[C@@H]1Cc2c(C(=O)NCc3ccc(F)cc3F)n[nH]c2[C@H](C)O1. The van der Waals surface area contributed by atoms with E-state index >= 15 is 0 Å². The van der Waals surface area contributed by atoms with Crippen molar-refractivity contribution in [3.8, 4) is 0 Å². The number of H-pyrrole nitrogens is 1. The van der Waals surface area contributed by atoms with Crippen molar-refractivity contribution < 1.29 is 18.3 Å². The Kier molecular flexibility index (Phi) is 4.12. The fraction of sp³-hybridized carbons (Fsp3) is 0.375. The van der Waals surface area contributed by atoms with E-state index in [1.54, 1.807) is 0 Å². The van der Waals surface area contributed by atoms with Crippen LogP contribution in [-0.2, 0) is 17.7 Å². The van der Waals surface area contributed by atoms with Crippen LogP contribution in [0.5, 0.6) is 0 Å². The van der Waals surface area contributed by atoms with E-state index in [9.17, 15) is 13.6 Å². The molecule has 2 heterocycles. The van der Waals surface area contributed by atoms with Crippen LogP contribution in [0, 0.1) is 11.6 Å². The van der Waals surface area contributed by atoms with Crippen molar-refractivity contribution in [2.24, 2.45) is 0 Å². The summed E-state index contributed by atoms with van der Waals surface area (Å²) in [6, 6.07) is 3.25. The van der Waals surface area contributed by atoms with Gasteiger partial charge in [0.1, 0.15) is 11.6 Å². The fourth-order valence-corrected chi connectivity index (χ4v) is 2.79. The molecule has 1 aromatic carbocycles. The normalized spacial score (nSPS) is 20.2. The van der Waals surface area contributed by atoms with E-state index < -0.39 is 17.5 Å². The minimum absolute atomic E-state index is 0.00353. The van der Waals surface area contributed by atoms with Crippen LogP contribution in [0.1, 0.15) is 47.3 Å². The van der Waals surface area contributed by atoms with E-state index in [2.05, 4.69) is 15.5 Å². The van der Waals surface area contributed by atoms with Crippen molar-refractivity contribution in [1.82, 2.24) is 15.5 Å². The zero-order valence-electron chi connectivity index (χ0n) is 12.8. The molecule has 2 aromatic rings. The summed E-state index contributed by atoms with van der Waals surface area (Å²) in [6.45, 7) is 3.79. The molecule has 5 nitrogen and oxygen atoms in total. The quantitative estimate of drug-likeness (QED) is 0.913. The molecule has 1 aromatic heterocycles. The summed E-state index contributed by atoms with van der Waals surface area (Å²) in [4.78, 5) is 12.3. The Labute approximate surface area is 132 Å². The first kappa shape index (κ1) is 15.6. The number of ether oxygens (including phenoxy) is 1. The minimum Gasteiger partial charge on any atom is -0.369 e. The van der Waals surface area contributed by atoms with E-state index in [-0.39, 0.29) is 24.3 Å². The van der Waals surface area contributed by atoms with E-state index in [0.717, 1.165) is 23.4 Å². The lowest BCUT2D eigenvalue weighted by molar-refractivity contribution is -0.00697. The van der Waals surface area contributed by atoms with Gasteiger partial charge < -0.3 is 10.1 Å². The van der Waals surface area contributed by atoms with Gasteiger partial charge in [0.15, 0.2) is 5.69 Å². The van der Waals surface area contributed by atoms with E-state index in [1.165, 1.54) is 6.07 Å². The van der Waals surface area contributed by atoms with Crippen LogP contribution >= 0.6 is 0 Å². The summed E-state index contributed by atoms with van der Waals surface area (Å²) in [5, 5.41) is 9.51. The molecule has 0 unspecified atom stereocenters. The first-order valence-electron chi connectivity index (χ1n) is 7.40. The predicted molar refractivity (Wildman–Crippen MR) is 78.8 cm³/mol. The number of benzene rings is 1. The minimum atomic E-state index is -0.690. The molecule has 3 rings (SSSR count). The number of carbonyl (C=O) groups excluding carboxylic acids is 1. The fourth-order valence-electron chi connectivity index (χ4n) is 2.79. The number of fused-ring (bicyclic) bond motifs is 1. The smallest absolute Gasteiger partial charge is 0.272 e. The monoisotopic (exact) mass is 321 g/mol. The van der Waals surface area contributed by atoms with Gasteiger partial charge in [-0.15, -0.1) is 0 Å². The van der Waals surface area contributed by atoms with Gasteiger partial charge >= 0.3 is 0 Å². The lowest BCUT2D eigenvalue weighted by Gasteiger charge is -2.25. The molecular weight excluding hydrogens is 304 g/mol. The number of hydrogen-bond donors (Lipinski definition) is 2. The largest absolute Gasteiger partial charge is 0.369 e. The maximum Gasteiger partial charge on any atom is 0.272 e. The second-order valence-electron chi connectivity index (χ2n) is 5.68. The highest BCUT2D eigenvalue weighted by molar-refractivity contribution is 5.94. The van der Waals surface area contributed by atoms with Crippen LogP contribution in [-0.4, -0.2) is 22.2 Å². The third kappa shape index (κ3) is 3.10. The number of nitrogens with zero attached hydrogens (tertiary/aromatic N) is 1. The van der Waals surface area contributed by atoms with Crippen molar-refractivity contribution >= 4 is 5.91 Å². The van der Waals surface area contributed by atoms with Crippen LogP contribution in [0.15, 0.2) is 18.2 Å². The predicted octanol–water partition coefficient (Wildman–Crippen LogP) is 2.64. The maximum atomic E-state index is 13.6. The zero-order chi connectivity index (χ0) is 16.6. The molecular formula is C16H17F2N3O2. The standard InChI is InChI=1S/C16H17F2N3O2/c1-8-5-12-14(9(2)23-8)20-21-15(12)16(22)19-7-10-3-4-11(17)6-13(10)18/h3-4,6,8-9H,5,7H2,1-2H3,(H,19,22)(H,20,21)/t8-,9+/m1/s1. The summed E-state index contributed by atoms with van der Waals surface area (Å²) in [7, 11) is 0. The molecule has 2 atom stereocenters. The molecule has 0 fully saturated rings. The number of carbonyl (C=O) groups is 1. The second kappa shape index (κ2) is 6.08. The number of amides is 1. The molecule has 1 amide bonds. The Morgan fingerprint density at radius 3 is 2.96 bits per heavy atom. The molecule has 0 radical (unpaired) electrons. The van der Waals surface area contributed by atoms with Gasteiger partial charge in [-0.1, -0.05) is 6.07 Å². The summed E-state index contributed by atoms with van der Waals surface area (Å²) >= 11 is 0. The highest BCUT2D eigenvalue weighted by Gasteiger charge is 2.29. The highest BCUT2D eigenvalue weighted by Crippen LogP contribution is 2.30. The number of hydrogen-bond acceptors (Lipinski definition) is 3. The van der Waals surface area contributed by atoms with Gasteiger partial charge in [-0.2, -0.15) is 5.10 Å². The van der Waals surface area contributed by atoms with Gasteiger partial charge in [-0.3, -0.25) is 9.89 Å². The maximum absolute atomic E-state index is 13.6. The van der Waals surface area contributed by atoms with Gasteiger partial charge in [-0.05, 0) is 19.9 Å². The van der Waals surface area contributed by atoms with Gasteiger partial charge in [0.05, 0.1) is 17.9 Å². The van der Waals surface area contributed by atoms with Crippen molar-refractivity contribution in [2.45, 2.75) is 39.0 Å². The summed E-state index contributed by atoms with van der Waals surface area (Å²) in [5.41, 5.74) is 2.13. The third-order valence-electron chi connectivity index (χ3n) is 3.90. The van der Waals surface area contributed by atoms with Gasteiger partial charge in [0.25, 0.3) is 5.91 Å². The van der Waals surface area contributed by atoms with Crippen molar-refractivity contribution in [1.29, 1.82) is 0 Å². The first-order valence-corrected chi connectivity index (χ1v) is 7.40. The second-order valence-corrected chi connectivity index (χ2v) is 5.68. The zero-order valence-corrected chi connectivity index (χ0v) is 12.8. The molecule has 0 bridgehead atoms. The van der Waals surface area contributed by atoms with E-state index in [1.807, 2.05) is 13.8 Å². The van der Waals surface area contributed by atoms with Gasteiger partial charge in [0, 0.05) is 30.2 Å². The molecule has 0 saturated carbocycles. The van der Waals surface area contributed by atoms with Crippen molar-refractivity contribution in [3.05, 3.63) is 52.3 Å². The number of aromatic amines is 1. The first-order chi connectivity index (χ1) is 11.0. The molecule has 23 heavy (non-hydrogen) atoms. The van der Waals surface area contributed by atoms with Crippen LogP contribution in [0.4, 0.5) is 8.78 Å². The number of aromatic nitrogens is 2. The lowest BCUT2D eigenvalue weighted by atomic mass is 9.99. The van der Waals surface area contributed by atoms with Crippen LogP contribution < -0.4 is 5.32 Å². The van der Waals surface area contributed by atoms with Crippen LogP contribution in [0.3, 0.4) is 0 Å². The average molecular weight is 321 g/mol. The van der Waals surface area contributed by atoms with Crippen LogP contribution in [0.2, 0.25) is 0 Å². The molecule has 122 valence electrons. The summed E-state index contributed by atoms with van der Waals surface area (Å²) < 4.78 is 32.1. The Morgan fingerprint density at radius 1 is 1.43 bits per heavy atom. The summed E-state index contributed by atoms with van der Waals surface area (Å²) in [6.07, 6.45) is 0.428. The Bertz CT molecular complexity index is 745. The number of nitrogens with one attached hydrogen (secondary N) is 2. The highest BCUT2D eigenvalue weighted by atomic mass is 19.1. The van der Waals surface area contributed by atoms with Gasteiger partial charge in [0.2, 0.25) is 0 Å². The Hall–Kier alpha value is -2.28. The molecule has 0 aliphatic carbocycles. The topological polar surface area (TPSA) is 67.0 Å². The third-order valence-corrected chi connectivity index (χ3v) is 3.90. The summed E-state index contributed by atoms with van der Waals surface area (Å²) in [5.74, 6) is -1.74. The molecule has 1 aliphatic rings. The molecule has 1 aliphatic heterocycles. The van der Waals surface area contributed by atoms with Gasteiger partial charge in [-0.25, -0.2) is 8.78 Å². The average Bonchev–Trinajstić information content (AvgIpc) is 2.90. The van der Waals surface area contributed by atoms with Crippen molar-refractivity contribution in [2.75, 3.05) is 0 Å². The van der Waals surface area contributed by atoms with Crippen LogP contribution in [0.25, 0.3) is 0 Å². The number of halogens is 2. The van der Waals surface area contributed by atoms with E-state index in [0.29, 0.717) is 12.1 Å². The van der Waals surface area contributed by atoms with E-state index in [4.69, 9.17) is 4.74 Å². The molecule has 0 saturated heterocycles. The molecule has 7 heteroatoms. The molecule has 2 N–H and O–H groups in total. The molecule has 0 spiro atoms.